The summed E-state index contributed by atoms with van der Waals surface area (Å²) in [6.07, 6.45) is 1.80. The summed E-state index contributed by atoms with van der Waals surface area (Å²) in [7, 11) is 0. The lowest BCUT2D eigenvalue weighted by Gasteiger charge is -2.16. The number of esters is 1. The van der Waals surface area contributed by atoms with Crippen molar-refractivity contribution in [1.82, 2.24) is 0 Å². The third kappa shape index (κ3) is 5.59. The van der Waals surface area contributed by atoms with Crippen molar-refractivity contribution in [1.29, 1.82) is 0 Å². The van der Waals surface area contributed by atoms with Crippen LogP contribution < -0.4 is 4.74 Å². The third-order valence-corrected chi connectivity index (χ3v) is 6.22. The second-order valence-corrected chi connectivity index (χ2v) is 9.01. The zero-order valence-electron chi connectivity index (χ0n) is 20.0. The van der Waals surface area contributed by atoms with Gasteiger partial charge in [0.05, 0.1) is 18.1 Å². The normalized spacial score (nSPS) is 15.9. The Bertz CT molecular complexity index is 1180. The third-order valence-electron chi connectivity index (χ3n) is 5.20. The Morgan fingerprint density at radius 3 is 2.44 bits per heavy atom. The number of carbonyl (C=O) groups is 2. The predicted octanol–water partition coefficient (Wildman–Crippen LogP) is 6.22. The van der Waals surface area contributed by atoms with E-state index in [-0.39, 0.29) is 28.9 Å². The Hall–Kier alpha value is -3.32. The van der Waals surface area contributed by atoms with Gasteiger partial charge < -0.3 is 14.6 Å². The first-order chi connectivity index (χ1) is 16.3. The molecule has 1 heterocycles. The van der Waals surface area contributed by atoms with Crippen LogP contribution in [0.25, 0.3) is 6.08 Å². The number of benzene rings is 2. The molecule has 0 saturated heterocycles. The van der Waals surface area contributed by atoms with Crippen molar-refractivity contribution in [2.24, 2.45) is 4.99 Å². The summed E-state index contributed by atoms with van der Waals surface area (Å²) >= 11 is 1.07. The number of hydrogen-bond donors (Lipinski definition) is 1. The molecule has 3 rings (SSSR count). The molecule has 0 radical (unpaired) electrons. The number of aryl methyl sites for hydroxylation is 1. The van der Waals surface area contributed by atoms with Crippen LogP contribution in [0.3, 0.4) is 0 Å². The number of amides is 1. The fourth-order valence-electron chi connectivity index (χ4n) is 3.47. The molecule has 34 heavy (non-hydrogen) atoms. The summed E-state index contributed by atoms with van der Waals surface area (Å²) in [4.78, 5) is 29.9. The van der Waals surface area contributed by atoms with Gasteiger partial charge in [-0.1, -0.05) is 43.8 Å². The van der Waals surface area contributed by atoms with Gasteiger partial charge in [0.1, 0.15) is 22.1 Å². The van der Waals surface area contributed by atoms with E-state index >= 15 is 0 Å². The molecule has 1 N–H and O–H groups in total. The van der Waals surface area contributed by atoms with E-state index in [2.05, 4.69) is 18.8 Å². The molecule has 1 aliphatic rings. The Labute approximate surface area is 204 Å². The zero-order valence-corrected chi connectivity index (χ0v) is 20.9. The molecule has 0 saturated carbocycles. The van der Waals surface area contributed by atoms with Crippen LogP contribution in [0.4, 0.5) is 0 Å². The summed E-state index contributed by atoms with van der Waals surface area (Å²) in [5.41, 5.74) is 3.16. The number of ether oxygens (including phenoxy) is 2. The van der Waals surface area contributed by atoms with Crippen molar-refractivity contribution < 1.29 is 24.2 Å². The maximum atomic E-state index is 12.7. The van der Waals surface area contributed by atoms with Gasteiger partial charge in [0.15, 0.2) is 0 Å². The first-order valence-corrected chi connectivity index (χ1v) is 12.0. The molecule has 0 fully saturated rings. The second kappa shape index (κ2) is 11.2. The topological polar surface area (TPSA) is 85.2 Å². The van der Waals surface area contributed by atoms with Gasteiger partial charge >= 0.3 is 5.97 Å². The van der Waals surface area contributed by atoms with Gasteiger partial charge in [-0.05, 0) is 73.7 Å². The van der Waals surface area contributed by atoms with Crippen LogP contribution in [0.5, 0.6) is 5.75 Å². The molecule has 0 unspecified atom stereocenters. The molecule has 1 amide bonds. The minimum absolute atomic E-state index is 0.102. The molecule has 7 heteroatoms. The van der Waals surface area contributed by atoms with Crippen molar-refractivity contribution in [3.63, 3.8) is 0 Å². The van der Waals surface area contributed by atoms with E-state index in [1.807, 2.05) is 26.0 Å². The highest BCUT2D eigenvalue weighted by molar-refractivity contribution is 8.18. The number of thioether (sulfide) groups is 1. The van der Waals surface area contributed by atoms with Crippen LogP contribution in [-0.2, 0) is 9.53 Å². The van der Waals surface area contributed by atoms with Crippen molar-refractivity contribution in [2.45, 2.75) is 40.5 Å². The molecule has 6 nitrogen and oxygen atoms in total. The standard InChI is InChI=1S/C27H29NO5S/c1-6-32-21-13-17(5)19(14-20(21)16(3)4)15-22-24(29)23(27(31)33-7-2)26(34-22)28-25(30)18-11-9-8-10-12-18/h8-16,29H,6-7H2,1-5H3. The number of aliphatic hydroxyl groups is 1. The van der Waals surface area contributed by atoms with Crippen LogP contribution >= 0.6 is 11.8 Å². The van der Waals surface area contributed by atoms with E-state index < -0.39 is 11.9 Å². The highest BCUT2D eigenvalue weighted by Gasteiger charge is 2.34. The number of carbonyl (C=O) groups excluding carboxylic acids is 2. The van der Waals surface area contributed by atoms with E-state index in [0.717, 1.165) is 34.2 Å². The Kier molecular flexibility index (Phi) is 8.34. The minimum atomic E-state index is -0.721. The number of aliphatic imine (C=N–C) groups is 1. The van der Waals surface area contributed by atoms with Crippen molar-refractivity contribution >= 4 is 34.8 Å². The van der Waals surface area contributed by atoms with Gasteiger partial charge in [-0.15, -0.1) is 0 Å². The molecule has 2 aromatic rings. The Morgan fingerprint density at radius 1 is 1.12 bits per heavy atom. The lowest BCUT2D eigenvalue weighted by Crippen LogP contribution is -2.14. The average Bonchev–Trinajstić information content (AvgIpc) is 3.10. The predicted molar refractivity (Wildman–Crippen MR) is 137 cm³/mol. The van der Waals surface area contributed by atoms with Gasteiger partial charge in [0.2, 0.25) is 0 Å². The van der Waals surface area contributed by atoms with Crippen LogP contribution in [-0.4, -0.2) is 35.2 Å². The highest BCUT2D eigenvalue weighted by Crippen LogP contribution is 2.40. The van der Waals surface area contributed by atoms with E-state index in [0.29, 0.717) is 17.1 Å². The smallest absolute Gasteiger partial charge is 0.344 e. The van der Waals surface area contributed by atoms with Gasteiger partial charge in [0, 0.05) is 5.56 Å². The molecule has 0 bridgehead atoms. The van der Waals surface area contributed by atoms with Gasteiger partial charge in [-0.3, -0.25) is 4.79 Å². The Morgan fingerprint density at radius 2 is 1.82 bits per heavy atom. The molecule has 178 valence electrons. The largest absolute Gasteiger partial charge is 0.506 e. The summed E-state index contributed by atoms with van der Waals surface area (Å²) in [6, 6.07) is 12.6. The fraction of sp³-hybridized carbons (Fsp3) is 0.296. The molecule has 2 aromatic carbocycles. The van der Waals surface area contributed by atoms with Gasteiger partial charge in [0.25, 0.3) is 5.91 Å². The van der Waals surface area contributed by atoms with Crippen molar-refractivity contribution in [2.75, 3.05) is 13.2 Å². The number of nitrogens with zero attached hydrogens (tertiary/aromatic N) is 1. The van der Waals surface area contributed by atoms with Gasteiger partial charge in [-0.2, -0.15) is 0 Å². The lowest BCUT2D eigenvalue weighted by molar-refractivity contribution is -0.138. The summed E-state index contributed by atoms with van der Waals surface area (Å²) in [5, 5.41) is 11.1. The summed E-state index contributed by atoms with van der Waals surface area (Å²) < 4.78 is 10.9. The summed E-state index contributed by atoms with van der Waals surface area (Å²) in [5.74, 6) is -0.406. The highest BCUT2D eigenvalue weighted by atomic mass is 32.2. The second-order valence-electron chi connectivity index (χ2n) is 7.98. The zero-order chi connectivity index (χ0) is 24.8. The van der Waals surface area contributed by atoms with Crippen molar-refractivity contribution in [3.8, 4) is 5.75 Å². The van der Waals surface area contributed by atoms with Crippen LogP contribution in [0.1, 0.15) is 60.7 Å². The monoisotopic (exact) mass is 479 g/mol. The Balaban J connectivity index is 2.07. The maximum absolute atomic E-state index is 12.7. The number of aliphatic hydroxyl groups excluding tert-OH is 1. The first kappa shape index (κ1) is 25.3. The molecule has 0 atom stereocenters. The fourth-order valence-corrected chi connectivity index (χ4v) is 4.48. The number of rotatable bonds is 7. The molecule has 1 aliphatic heterocycles. The molecular weight excluding hydrogens is 450 g/mol. The lowest BCUT2D eigenvalue weighted by atomic mass is 9.96. The van der Waals surface area contributed by atoms with Crippen molar-refractivity contribution in [3.05, 3.63) is 81.0 Å². The van der Waals surface area contributed by atoms with E-state index in [9.17, 15) is 14.7 Å². The molecule has 0 spiro atoms. The van der Waals surface area contributed by atoms with E-state index in [1.54, 1.807) is 43.3 Å². The van der Waals surface area contributed by atoms with Crippen LogP contribution in [0.2, 0.25) is 0 Å². The SMILES string of the molecule is CCOC(=O)C1=C(O)C(=Cc2cc(C(C)C)c(OCC)cc2C)SC1=NC(=O)c1ccccc1. The molecular formula is C27H29NO5S. The number of hydrogen-bond acceptors (Lipinski definition) is 6. The van der Waals surface area contributed by atoms with E-state index in [1.165, 1.54) is 0 Å². The summed E-state index contributed by atoms with van der Waals surface area (Å²) in [6.45, 7) is 10.5. The molecule has 0 aliphatic carbocycles. The van der Waals surface area contributed by atoms with Gasteiger partial charge in [-0.25, -0.2) is 9.79 Å². The molecule has 0 aromatic heterocycles. The van der Waals surface area contributed by atoms with E-state index in [4.69, 9.17) is 9.47 Å². The average molecular weight is 480 g/mol. The minimum Gasteiger partial charge on any atom is -0.506 e. The van der Waals surface area contributed by atoms with Crippen LogP contribution in [0, 0.1) is 6.92 Å². The van der Waals surface area contributed by atoms with Crippen LogP contribution in [0.15, 0.2) is 63.7 Å². The quantitative estimate of drug-likeness (QED) is 0.475. The maximum Gasteiger partial charge on any atom is 0.344 e. The first-order valence-electron chi connectivity index (χ1n) is 11.2.